The third-order valence-electron chi connectivity index (χ3n) is 2.17. The fourth-order valence-corrected chi connectivity index (χ4v) is 1.18. The summed E-state index contributed by atoms with van der Waals surface area (Å²) in [5.41, 5.74) is 0. The quantitative estimate of drug-likeness (QED) is 0.487. The third-order valence-corrected chi connectivity index (χ3v) is 2.17. The van der Waals surface area contributed by atoms with E-state index in [-0.39, 0.29) is 5.92 Å². The number of hydrogen-bond donors (Lipinski definition) is 1. The molecular formula is C11H20O2. The van der Waals surface area contributed by atoms with Crippen LogP contribution in [0.4, 0.5) is 0 Å². The average Bonchev–Trinajstić information content (AvgIpc) is 2.10. The maximum Gasteiger partial charge on any atom is 0.306 e. The molecule has 0 aromatic heterocycles. The van der Waals surface area contributed by atoms with Crippen molar-refractivity contribution < 1.29 is 9.90 Å². The Balaban J connectivity index is 3.20. The molecule has 1 unspecified atom stereocenters. The molecule has 0 amide bonds. The summed E-state index contributed by atoms with van der Waals surface area (Å²) in [4.78, 5) is 10.5. The largest absolute Gasteiger partial charge is 0.481 e. The average molecular weight is 184 g/mol. The highest BCUT2D eigenvalue weighted by Gasteiger charge is 2.08. The van der Waals surface area contributed by atoms with Crippen LogP contribution in [0.15, 0.2) is 12.2 Å². The van der Waals surface area contributed by atoms with E-state index in [1.807, 2.05) is 6.92 Å². The third kappa shape index (κ3) is 7.57. The van der Waals surface area contributed by atoms with Crippen LogP contribution in [-0.2, 0) is 4.79 Å². The van der Waals surface area contributed by atoms with E-state index in [9.17, 15) is 4.79 Å². The van der Waals surface area contributed by atoms with E-state index in [1.165, 1.54) is 6.42 Å². The Labute approximate surface area is 80.7 Å². The van der Waals surface area contributed by atoms with Crippen molar-refractivity contribution in [3.05, 3.63) is 12.2 Å². The van der Waals surface area contributed by atoms with Gasteiger partial charge in [0, 0.05) is 0 Å². The van der Waals surface area contributed by atoms with Crippen molar-refractivity contribution in [2.75, 3.05) is 0 Å². The van der Waals surface area contributed by atoms with Crippen molar-refractivity contribution in [3.8, 4) is 0 Å². The number of rotatable bonds is 7. The summed E-state index contributed by atoms with van der Waals surface area (Å²) < 4.78 is 0. The molecule has 76 valence electrons. The maximum atomic E-state index is 10.5. The van der Waals surface area contributed by atoms with Crippen molar-refractivity contribution in [1.82, 2.24) is 0 Å². The number of carboxylic acids is 1. The topological polar surface area (TPSA) is 37.3 Å². The van der Waals surface area contributed by atoms with Gasteiger partial charge in [-0.15, -0.1) is 0 Å². The van der Waals surface area contributed by atoms with Gasteiger partial charge in [-0.05, 0) is 26.2 Å². The first-order valence-electron chi connectivity index (χ1n) is 5.02. The van der Waals surface area contributed by atoms with Crippen molar-refractivity contribution in [1.29, 1.82) is 0 Å². The zero-order valence-corrected chi connectivity index (χ0v) is 8.62. The molecule has 1 N–H and O–H groups in total. The summed E-state index contributed by atoms with van der Waals surface area (Å²) in [7, 11) is 0. The number of carbonyl (C=O) groups is 1. The molecule has 0 bridgehead atoms. The summed E-state index contributed by atoms with van der Waals surface area (Å²) in [6, 6.07) is 0. The van der Waals surface area contributed by atoms with Crippen molar-refractivity contribution in [3.63, 3.8) is 0 Å². The van der Waals surface area contributed by atoms with Crippen LogP contribution < -0.4 is 0 Å². The van der Waals surface area contributed by atoms with Gasteiger partial charge in [0.25, 0.3) is 0 Å². The fraction of sp³-hybridized carbons (Fsp3) is 0.727. The second kappa shape index (κ2) is 7.84. The maximum absolute atomic E-state index is 10.5. The number of aliphatic carboxylic acids is 1. The zero-order valence-electron chi connectivity index (χ0n) is 8.62. The number of unbranched alkanes of at least 4 members (excludes halogenated alkanes) is 3. The Morgan fingerprint density at radius 3 is 2.62 bits per heavy atom. The Hall–Kier alpha value is -0.790. The predicted molar refractivity (Wildman–Crippen MR) is 54.7 cm³/mol. The number of carboxylic acid groups (broad SMARTS) is 1. The summed E-state index contributed by atoms with van der Waals surface area (Å²) in [6.07, 6.45) is 9.49. The molecule has 2 nitrogen and oxygen atoms in total. The lowest BCUT2D eigenvalue weighted by atomic mass is 10.0. The Morgan fingerprint density at radius 1 is 1.38 bits per heavy atom. The van der Waals surface area contributed by atoms with Crippen LogP contribution in [0, 0.1) is 5.92 Å². The van der Waals surface area contributed by atoms with Gasteiger partial charge in [-0.3, -0.25) is 4.79 Å². The first-order valence-corrected chi connectivity index (χ1v) is 5.02. The molecule has 0 aliphatic carbocycles. The fourth-order valence-electron chi connectivity index (χ4n) is 1.18. The molecular weight excluding hydrogens is 164 g/mol. The second-order valence-corrected chi connectivity index (χ2v) is 3.45. The first kappa shape index (κ1) is 12.2. The van der Waals surface area contributed by atoms with E-state index >= 15 is 0 Å². The zero-order chi connectivity index (χ0) is 10.1. The minimum Gasteiger partial charge on any atom is -0.481 e. The van der Waals surface area contributed by atoms with Crippen LogP contribution in [0.25, 0.3) is 0 Å². The van der Waals surface area contributed by atoms with E-state index in [4.69, 9.17) is 5.11 Å². The van der Waals surface area contributed by atoms with E-state index in [0.717, 1.165) is 25.7 Å². The molecule has 0 rings (SSSR count). The van der Waals surface area contributed by atoms with Gasteiger partial charge >= 0.3 is 5.97 Å². The molecule has 13 heavy (non-hydrogen) atoms. The van der Waals surface area contributed by atoms with Gasteiger partial charge in [0.15, 0.2) is 0 Å². The molecule has 2 heteroatoms. The van der Waals surface area contributed by atoms with Crippen molar-refractivity contribution in [2.45, 2.75) is 46.0 Å². The highest BCUT2D eigenvalue weighted by Crippen LogP contribution is 2.10. The summed E-state index contributed by atoms with van der Waals surface area (Å²) in [5, 5.41) is 8.61. The Kier molecular flexibility index (Phi) is 7.36. The lowest BCUT2D eigenvalue weighted by Gasteiger charge is -2.04. The van der Waals surface area contributed by atoms with E-state index in [0.29, 0.717) is 0 Å². The molecule has 0 aromatic rings. The molecule has 0 heterocycles. The first-order chi connectivity index (χ1) is 6.18. The SMILES string of the molecule is CC=CCCCCCC(C)C(=O)O. The second-order valence-electron chi connectivity index (χ2n) is 3.45. The summed E-state index contributed by atoms with van der Waals surface area (Å²) in [5.74, 6) is -0.852. The lowest BCUT2D eigenvalue weighted by molar-refractivity contribution is -0.141. The summed E-state index contributed by atoms with van der Waals surface area (Å²) in [6.45, 7) is 3.79. The van der Waals surface area contributed by atoms with Gasteiger partial charge in [0.2, 0.25) is 0 Å². The minimum absolute atomic E-state index is 0.179. The highest BCUT2D eigenvalue weighted by atomic mass is 16.4. The normalized spacial score (nSPS) is 13.4. The van der Waals surface area contributed by atoms with Gasteiger partial charge in [-0.1, -0.05) is 31.9 Å². The standard InChI is InChI=1S/C11H20O2/c1-3-4-5-6-7-8-9-10(2)11(12)13/h3-4,10H,5-9H2,1-2H3,(H,12,13). The molecule has 0 fully saturated rings. The van der Waals surface area contributed by atoms with Gasteiger partial charge in [0.05, 0.1) is 5.92 Å². The molecule has 1 atom stereocenters. The van der Waals surface area contributed by atoms with Gasteiger partial charge in [-0.2, -0.15) is 0 Å². The van der Waals surface area contributed by atoms with Gasteiger partial charge in [0.1, 0.15) is 0 Å². The minimum atomic E-state index is -0.673. The van der Waals surface area contributed by atoms with Crippen LogP contribution in [-0.4, -0.2) is 11.1 Å². The predicted octanol–water partition coefficient (Wildman–Crippen LogP) is 3.23. The highest BCUT2D eigenvalue weighted by molar-refractivity contribution is 5.69. The Bertz CT molecular complexity index is 161. The molecule has 0 radical (unpaired) electrons. The molecule has 0 spiro atoms. The number of hydrogen-bond acceptors (Lipinski definition) is 1. The van der Waals surface area contributed by atoms with E-state index in [1.54, 1.807) is 6.92 Å². The van der Waals surface area contributed by atoms with Crippen LogP contribution in [0.3, 0.4) is 0 Å². The molecule has 0 saturated heterocycles. The van der Waals surface area contributed by atoms with Crippen LogP contribution in [0.2, 0.25) is 0 Å². The Morgan fingerprint density at radius 2 is 2.08 bits per heavy atom. The molecule has 0 saturated carbocycles. The monoisotopic (exact) mass is 184 g/mol. The van der Waals surface area contributed by atoms with Crippen LogP contribution in [0.1, 0.15) is 46.0 Å². The number of allylic oxidation sites excluding steroid dienone is 2. The summed E-state index contributed by atoms with van der Waals surface area (Å²) >= 11 is 0. The van der Waals surface area contributed by atoms with Crippen LogP contribution in [0.5, 0.6) is 0 Å². The van der Waals surface area contributed by atoms with E-state index < -0.39 is 5.97 Å². The van der Waals surface area contributed by atoms with Crippen molar-refractivity contribution >= 4 is 5.97 Å². The molecule has 0 aliphatic heterocycles. The molecule has 0 aliphatic rings. The van der Waals surface area contributed by atoms with Crippen LogP contribution >= 0.6 is 0 Å². The van der Waals surface area contributed by atoms with E-state index in [2.05, 4.69) is 12.2 Å². The lowest BCUT2D eigenvalue weighted by Crippen LogP contribution is -2.08. The van der Waals surface area contributed by atoms with Gasteiger partial charge in [-0.25, -0.2) is 0 Å². The van der Waals surface area contributed by atoms with Gasteiger partial charge < -0.3 is 5.11 Å². The smallest absolute Gasteiger partial charge is 0.306 e. The molecule has 0 aromatic carbocycles. The van der Waals surface area contributed by atoms with Crippen molar-refractivity contribution in [2.24, 2.45) is 5.92 Å².